The lowest BCUT2D eigenvalue weighted by molar-refractivity contribution is -0.113. The standard InChI is InChI=1S/C22H21BrClNO4S/c1-4-13(3)29-20-17(23)9-14(10-18(20)28-5-2)11-19-21(26)25(22(27)30-19)16-8-6-7-15(24)12-16/h6-13H,4-5H2,1-3H3/b19-11+/t13-/m1/s1. The number of hydrogen-bond acceptors (Lipinski definition) is 5. The van der Waals surface area contributed by atoms with Gasteiger partial charge in [-0.2, -0.15) is 0 Å². The molecule has 0 radical (unpaired) electrons. The summed E-state index contributed by atoms with van der Waals surface area (Å²) in [6, 6.07) is 10.3. The highest BCUT2D eigenvalue weighted by atomic mass is 79.9. The van der Waals surface area contributed by atoms with Crippen LogP contribution in [0.15, 0.2) is 45.8 Å². The van der Waals surface area contributed by atoms with Crippen molar-refractivity contribution in [2.45, 2.75) is 33.3 Å². The van der Waals surface area contributed by atoms with Crippen LogP contribution in [0.1, 0.15) is 32.8 Å². The third kappa shape index (κ3) is 5.02. The summed E-state index contributed by atoms with van der Waals surface area (Å²) in [6.07, 6.45) is 2.56. The summed E-state index contributed by atoms with van der Waals surface area (Å²) >= 11 is 10.4. The van der Waals surface area contributed by atoms with E-state index >= 15 is 0 Å². The minimum Gasteiger partial charge on any atom is -0.490 e. The van der Waals surface area contributed by atoms with Crippen LogP contribution in [0.2, 0.25) is 5.02 Å². The molecular formula is C22H21BrClNO4S. The summed E-state index contributed by atoms with van der Waals surface area (Å²) < 4.78 is 12.5. The highest BCUT2D eigenvalue weighted by Gasteiger charge is 2.36. The van der Waals surface area contributed by atoms with Crippen LogP contribution in [0.4, 0.5) is 10.5 Å². The fourth-order valence-electron chi connectivity index (χ4n) is 2.79. The first-order chi connectivity index (χ1) is 14.3. The highest BCUT2D eigenvalue weighted by molar-refractivity contribution is 9.10. The Bertz CT molecular complexity index is 1010. The van der Waals surface area contributed by atoms with E-state index < -0.39 is 0 Å². The molecule has 1 atom stereocenters. The number of hydrogen-bond donors (Lipinski definition) is 0. The maximum atomic E-state index is 12.9. The van der Waals surface area contributed by atoms with Gasteiger partial charge in [0.25, 0.3) is 11.1 Å². The molecule has 2 aromatic carbocycles. The fraction of sp³-hybridized carbons (Fsp3) is 0.273. The van der Waals surface area contributed by atoms with Gasteiger partial charge in [0.15, 0.2) is 11.5 Å². The molecule has 1 saturated heterocycles. The Morgan fingerprint density at radius 1 is 1.23 bits per heavy atom. The Balaban J connectivity index is 1.94. The Labute approximate surface area is 193 Å². The topological polar surface area (TPSA) is 55.8 Å². The Morgan fingerprint density at radius 3 is 2.67 bits per heavy atom. The van der Waals surface area contributed by atoms with Crippen LogP contribution >= 0.6 is 39.3 Å². The van der Waals surface area contributed by atoms with Crippen LogP contribution in [-0.2, 0) is 4.79 Å². The van der Waals surface area contributed by atoms with Crippen LogP contribution < -0.4 is 14.4 Å². The van der Waals surface area contributed by atoms with E-state index in [1.807, 2.05) is 26.8 Å². The van der Waals surface area contributed by atoms with Crippen molar-refractivity contribution in [2.24, 2.45) is 0 Å². The largest absolute Gasteiger partial charge is 0.490 e. The van der Waals surface area contributed by atoms with Crippen molar-refractivity contribution in [3.05, 3.63) is 56.4 Å². The van der Waals surface area contributed by atoms with Gasteiger partial charge in [-0.15, -0.1) is 0 Å². The normalized spacial score (nSPS) is 16.3. The lowest BCUT2D eigenvalue weighted by atomic mass is 10.1. The number of amides is 2. The van der Waals surface area contributed by atoms with Crippen LogP contribution in [0.5, 0.6) is 11.5 Å². The lowest BCUT2D eigenvalue weighted by Gasteiger charge is -2.18. The first kappa shape index (κ1) is 22.7. The second-order valence-electron chi connectivity index (χ2n) is 6.60. The van der Waals surface area contributed by atoms with Gasteiger partial charge in [-0.05, 0) is 89.9 Å². The molecule has 0 N–H and O–H groups in total. The van der Waals surface area contributed by atoms with Crippen molar-refractivity contribution in [2.75, 3.05) is 11.5 Å². The molecule has 8 heteroatoms. The second-order valence-corrected chi connectivity index (χ2v) is 8.88. The molecule has 0 unspecified atom stereocenters. The summed E-state index contributed by atoms with van der Waals surface area (Å²) in [5.74, 6) is 0.809. The first-order valence-electron chi connectivity index (χ1n) is 9.50. The maximum absolute atomic E-state index is 12.9. The number of imide groups is 1. The van der Waals surface area contributed by atoms with E-state index in [4.69, 9.17) is 21.1 Å². The number of rotatable bonds is 7. The van der Waals surface area contributed by atoms with E-state index in [-0.39, 0.29) is 17.3 Å². The third-order valence-electron chi connectivity index (χ3n) is 4.38. The summed E-state index contributed by atoms with van der Waals surface area (Å²) in [7, 11) is 0. The molecule has 0 spiro atoms. The predicted molar refractivity (Wildman–Crippen MR) is 126 cm³/mol. The minimum atomic E-state index is -0.388. The molecule has 5 nitrogen and oxygen atoms in total. The molecule has 0 saturated carbocycles. The lowest BCUT2D eigenvalue weighted by Crippen LogP contribution is -2.27. The summed E-state index contributed by atoms with van der Waals surface area (Å²) in [5, 5.41) is 0.0899. The quantitative estimate of drug-likeness (QED) is 0.378. The molecule has 158 valence electrons. The molecule has 1 aliphatic rings. The van der Waals surface area contributed by atoms with Gasteiger partial charge in [-0.3, -0.25) is 9.59 Å². The third-order valence-corrected chi connectivity index (χ3v) is 6.08. The molecule has 3 rings (SSSR count). The summed E-state index contributed by atoms with van der Waals surface area (Å²) in [5.41, 5.74) is 1.17. The monoisotopic (exact) mass is 509 g/mol. The zero-order valence-corrected chi connectivity index (χ0v) is 19.9. The van der Waals surface area contributed by atoms with Crippen molar-refractivity contribution in [3.63, 3.8) is 0 Å². The van der Waals surface area contributed by atoms with E-state index in [9.17, 15) is 9.59 Å². The van der Waals surface area contributed by atoms with Gasteiger partial charge in [0.1, 0.15) is 0 Å². The Kier molecular flexibility index (Phi) is 7.50. The summed E-state index contributed by atoms with van der Waals surface area (Å²) in [4.78, 5) is 26.8. The van der Waals surface area contributed by atoms with Crippen molar-refractivity contribution >= 4 is 62.2 Å². The van der Waals surface area contributed by atoms with Crippen molar-refractivity contribution in [1.82, 2.24) is 0 Å². The SMILES string of the molecule is CCOc1cc(/C=C2/SC(=O)N(c3cccc(Cl)c3)C2=O)cc(Br)c1O[C@H](C)CC. The van der Waals surface area contributed by atoms with Crippen molar-refractivity contribution < 1.29 is 19.1 Å². The average Bonchev–Trinajstić information content (AvgIpc) is 2.97. The average molecular weight is 511 g/mol. The number of carbonyl (C=O) groups is 2. The Morgan fingerprint density at radius 2 is 2.00 bits per heavy atom. The number of benzene rings is 2. The van der Waals surface area contributed by atoms with Gasteiger partial charge in [0.2, 0.25) is 0 Å². The van der Waals surface area contributed by atoms with E-state index in [2.05, 4.69) is 15.9 Å². The number of nitrogens with zero attached hydrogens (tertiary/aromatic N) is 1. The van der Waals surface area contributed by atoms with Gasteiger partial charge in [-0.25, -0.2) is 4.90 Å². The molecule has 0 aromatic heterocycles. The summed E-state index contributed by atoms with van der Waals surface area (Å²) in [6.45, 7) is 6.40. The zero-order valence-electron chi connectivity index (χ0n) is 16.8. The molecule has 30 heavy (non-hydrogen) atoms. The molecule has 0 aliphatic carbocycles. The molecule has 2 amide bonds. The minimum absolute atomic E-state index is 0.0283. The molecule has 1 heterocycles. The van der Waals surface area contributed by atoms with Gasteiger partial charge >= 0.3 is 0 Å². The van der Waals surface area contributed by atoms with Gasteiger partial charge in [0, 0.05) is 5.02 Å². The number of thioether (sulfide) groups is 1. The van der Waals surface area contributed by atoms with E-state index in [0.717, 1.165) is 28.6 Å². The second kappa shape index (κ2) is 9.90. The molecule has 2 aromatic rings. The first-order valence-corrected chi connectivity index (χ1v) is 11.5. The van der Waals surface area contributed by atoms with Crippen molar-refractivity contribution in [1.29, 1.82) is 0 Å². The van der Waals surface area contributed by atoms with Crippen LogP contribution in [0, 0.1) is 0 Å². The highest BCUT2D eigenvalue weighted by Crippen LogP contribution is 2.41. The Hall–Kier alpha value is -1.96. The smallest absolute Gasteiger partial charge is 0.298 e. The molecule has 0 bridgehead atoms. The predicted octanol–water partition coefficient (Wildman–Crippen LogP) is 6.92. The van der Waals surface area contributed by atoms with Crippen molar-refractivity contribution in [3.8, 4) is 11.5 Å². The van der Waals surface area contributed by atoms with E-state index in [0.29, 0.717) is 38.2 Å². The molecule has 1 fully saturated rings. The number of carbonyl (C=O) groups excluding carboxylic acids is 2. The van der Waals surface area contributed by atoms with Crippen LogP contribution in [0.3, 0.4) is 0 Å². The fourth-order valence-corrected chi connectivity index (χ4v) is 4.37. The molecule has 1 aliphatic heterocycles. The maximum Gasteiger partial charge on any atom is 0.298 e. The van der Waals surface area contributed by atoms with E-state index in [1.165, 1.54) is 0 Å². The van der Waals surface area contributed by atoms with E-state index in [1.54, 1.807) is 36.4 Å². The van der Waals surface area contributed by atoms with Gasteiger partial charge in [-0.1, -0.05) is 24.6 Å². The van der Waals surface area contributed by atoms with Gasteiger partial charge < -0.3 is 9.47 Å². The molecular weight excluding hydrogens is 490 g/mol. The van der Waals surface area contributed by atoms with Crippen LogP contribution in [0.25, 0.3) is 6.08 Å². The van der Waals surface area contributed by atoms with Gasteiger partial charge in [0.05, 0.1) is 27.8 Å². The number of ether oxygens (including phenoxy) is 2. The van der Waals surface area contributed by atoms with Crippen LogP contribution in [-0.4, -0.2) is 23.9 Å². The number of halogens is 2. The number of anilines is 1. The zero-order chi connectivity index (χ0) is 21.8.